The lowest BCUT2D eigenvalue weighted by atomic mass is 9.79. The van der Waals surface area contributed by atoms with Crippen molar-refractivity contribution in [3.63, 3.8) is 0 Å². The van der Waals surface area contributed by atoms with E-state index < -0.39 is 11.2 Å². The van der Waals surface area contributed by atoms with Gasteiger partial charge in [-0.1, -0.05) is 0 Å². The summed E-state index contributed by atoms with van der Waals surface area (Å²) in [5.74, 6) is -0.696. The maximum Gasteiger partial charge on any atom is 0.232 e. The number of carbonyl (C=O) groups excluding carboxylic acids is 1. The number of halogens is 1. The molecule has 0 saturated carbocycles. The summed E-state index contributed by atoms with van der Waals surface area (Å²) in [6, 6.07) is 4.43. The van der Waals surface area contributed by atoms with Gasteiger partial charge in [-0.15, -0.1) is 0 Å². The van der Waals surface area contributed by atoms with E-state index in [4.69, 9.17) is 10.5 Å². The van der Waals surface area contributed by atoms with Crippen LogP contribution in [0.4, 0.5) is 10.1 Å². The average Bonchev–Trinajstić information content (AvgIpc) is 3.09. The number of hydrogen-bond donors (Lipinski definition) is 2. The summed E-state index contributed by atoms with van der Waals surface area (Å²) in [5, 5.41) is 6.64. The predicted octanol–water partition coefficient (Wildman–Crippen LogP) is 1.10. The number of hydrogen-bond acceptors (Lipinski definition) is 5. The lowest BCUT2D eigenvalue weighted by Gasteiger charge is -2.34. The maximum absolute atomic E-state index is 14.2. The van der Waals surface area contributed by atoms with Crippen molar-refractivity contribution in [2.45, 2.75) is 12.8 Å². The fourth-order valence-electron chi connectivity index (χ4n) is 2.65. The van der Waals surface area contributed by atoms with Gasteiger partial charge in [0.05, 0.1) is 5.41 Å². The molecular formula is C15H18FN5O2. The van der Waals surface area contributed by atoms with Gasteiger partial charge in [-0.2, -0.15) is 5.10 Å². The largest absolute Gasteiger partial charge is 0.381 e. The van der Waals surface area contributed by atoms with Crippen molar-refractivity contribution in [1.82, 2.24) is 14.8 Å². The van der Waals surface area contributed by atoms with Gasteiger partial charge in [-0.3, -0.25) is 4.79 Å². The Morgan fingerprint density at radius 2 is 2.22 bits per heavy atom. The van der Waals surface area contributed by atoms with Crippen molar-refractivity contribution in [2.75, 3.05) is 25.1 Å². The highest BCUT2D eigenvalue weighted by atomic mass is 19.1. The van der Waals surface area contributed by atoms with E-state index in [1.54, 1.807) is 12.1 Å². The normalized spacial score (nSPS) is 17.0. The summed E-state index contributed by atoms with van der Waals surface area (Å²) in [5.41, 5.74) is 5.80. The van der Waals surface area contributed by atoms with Crippen molar-refractivity contribution >= 4 is 11.6 Å². The van der Waals surface area contributed by atoms with E-state index in [9.17, 15) is 9.18 Å². The highest BCUT2D eigenvalue weighted by Gasteiger charge is 2.38. The van der Waals surface area contributed by atoms with Gasteiger partial charge < -0.3 is 15.8 Å². The Hall–Kier alpha value is -2.32. The molecule has 0 aliphatic carbocycles. The molecule has 2 heterocycles. The first-order chi connectivity index (χ1) is 11.1. The minimum absolute atomic E-state index is 0.198. The zero-order valence-corrected chi connectivity index (χ0v) is 12.5. The van der Waals surface area contributed by atoms with E-state index in [-0.39, 0.29) is 18.1 Å². The zero-order valence-electron chi connectivity index (χ0n) is 12.5. The van der Waals surface area contributed by atoms with Crippen molar-refractivity contribution in [3.8, 4) is 5.69 Å². The first-order valence-corrected chi connectivity index (χ1v) is 7.38. The summed E-state index contributed by atoms with van der Waals surface area (Å²) in [4.78, 5) is 16.3. The fourth-order valence-corrected chi connectivity index (χ4v) is 2.65. The quantitative estimate of drug-likeness (QED) is 0.880. The molecule has 1 aromatic heterocycles. The molecule has 0 bridgehead atoms. The Labute approximate surface area is 132 Å². The van der Waals surface area contributed by atoms with Crippen LogP contribution in [0.3, 0.4) is 0 Å². The van der Waals surface area contributed by atoms with Gasteiger partial charge in [0.2, 0.25) is 5.91 Å². The molecule has 3 N–H and O–H groups in total. The van der Waals surface area contributed by atoms with E-state index in [2.05, 4.69) is 15.4 Å². The van der Waals surface area contributed by atoms with Crippen LogP contribution in [0.15, 0.2) is 30.9 Å². The topological polar surface area (TPSA) is 95.1 Å². The van der Waals surface area contributed by atoms with Crippen LogP contribution in [-0.2, 0) is 9.53 Å². The van der Waals surface area contributed by atoms with Crippen LogP contribution in [0.1, 0.15) is 12.8 Å². The molecule has 2 aromatic rings. The number of anilines is 1. The third-order valence-corrected chi connectivity index (χ3v) is 4.19. The second-order valence-corrected chi connectivity index (χ2v) is 5.56. The number of nitrogens with zero attached hydrogens (tertiary/aromatic N) is 3. The van der Waals surface area contributed by atoms with Gasteiger partial charge in [0.1, 0.15) is 18.3 Å². The minimum atomic E-state index is -0.653. The molecular weight excluding hydrogens is 301 g/mol. The molecule has 1 aliphatic rings. The van der Waals surface area contributed by atoms with Crippen LogP contribution >= 0.6 is 0 Å². The Bertz CT molecular complexity index is 683. The molecule has 1 saturated heterocycles. The van der Waals surface area contributed by atoms with Gasteiger partial charge in [-0.25, -0.2) is 14.1 Å². The summed E-state index contributed by atoms with van der Waals surface area (Å²) in [6.07, 6.45) is 3.86. The average molecular weight is 319 g/mol. The van der Waals surface area contributed by atoms with E-state index in [1.807, 2.05) is 0 Å². The molecule has 1 fully saturated rings. The third kappa shape index (κ3) is 3.08. The molecule has 1 aliphatic heterocycles. The molecule has 0 unspecified atom stereocenters. The van der Waals surface area contributed by atoms with Crippen LogP contribution < -0.4 is 11.1 Å². The van der Waals surface area contributed by atoms with E-state index in [0.29, 0.717) is 31.7 Å². The Morgan fingerprint density at radius 3 is 2.83 bits per heavy atom. The Balaban J connectivity index is 1.77. The number of amides is 1. The van der Waals surface area contributed by atoms with Crippen molar-refractivity contribution in [1.29, 1.82) is 0 Å². The monoisotopic (exact) mass is 319 g/mol. The summed E-state index contributed by atoms with van der Waals surface area (Å²) < 4.78 is 20.8. The van der Waals surface area contributed by atoms with Crippen LogP contribution in [-0.4, -0.2) is 40.4 Å². The van der Waals surface area contributed by atoms with E-state index >= 15 is 0 Å². The highest BCUT2D eigenvalue weighted by molar-refractivity contribution is 5.95. The molecule has 1 aromatic carbocycles. The molecule has 0 atom stereocenters. The molecule has 3 rings (SSSR count). The first-order valence-electron chi connectivity index (χ1n) is 7.38. The standard InChI is InChI=1S/C15H18FN5O2/c16-12-7-11(1-2-13(12)21-10-18-9-19-21)20-14(22)15(8-17)3-5-23-6-4-15/h1-2,7,9-10H,3-6,8,17H2,(H,20,22). The smallest absolute Gasteiger partial charge is 0.232 e. The van der Waals surface area contributed by atoms with E-state index in [0.717, 1.165) is 0 Å². The number of nitrogens with one attached hydrogen (secondary N) is 1. The number of ether oxygens (including phenoxy) is 1. The highest BCUT2D eigenvalue weighted by Crippen LogP contribution is 2.31. The van der Waals surface area contributed by atoms with Gasteiger partial charge in [0.25, 0.3) is 0 Å². The lowest BCUT2D eigenvalue weighted by molar-refractivity contribution is -0.130. The van der Waals surface area contributed by atoms with Crippen LogP contribution in [0.5, 0.6) is 0 Å². The number of nitrogens with two attached hydrogens (primary N) is 1. The molecule has 122 valence electrons. The van der Waals surface area contributed by atoms with Gasteiger partial charge in [0.15, 0.2) is 5.82 Å². The third-order valence-electron chi connectivity index (χ3n) is 4.19. The fraction of sp³-hybridized carbons (Fsp3) is 0.400. The van der Waals surface area contributed by atoms with E-state index in [1.165, 1.54) is 23.4 Å². The summed E-state index contributed by atoms with van der Waals surface area (Å²) in [7, 11) is 0. The summed E-state index contributed by atoms with van der Waals surface area (Å²) >= 11 is 0. The molecule has 0 spiro atoms. The first kappa shape index (κ1) is 15.6. The Morgan fingerprint density at radius 1 is 1.43 bits per heavy atom. The zero-order chi connectivity index (χ0) is 16.3. The van der Waals surface area contributed by atoms with Crippen LogP contribution in [0.25, 0.3) is 5.69 Å². The lowest BCUT2D eigenvalue weighted by Crippen LogP contribution is -2.46. The Kier molecular flexibility index (Phi) is 4.35. The van der Waals surface area contributed by atoms with Crippen LogP contribution in [0, 0.1) is 11.2 Å². The second kappa shape index (κ2) is 6.43. The van der Waals surface area contributed by atoms with Gasteiger partial charge in [-0.05, 0) is 31.0 Å². The molecule has 23 heavy (non-hydrogen) atoms. The predicted molar refractivity (Wildman–Crippen MR) is 81.5 cm³/mol. The number of rotatable bonds is 4. The number of aromatic nitrogens is 3. The van der Waals surface area contributed by atoms with Gasteiger partial charge in [0, 0.05) is 25.4 Å². The minimum Gasteiger partial charge on any atom is -0.381 e. The maximum atomic E-state index is 14.2. The summed E-state index contributed by atoms with van der Waals surface area (Å²) in [6.45, 7) is 1.25. The van der Waals surface area contributed by atoms with Gasteiger partial charge >= 0.3 is 0 Å². The van der Waals surface area contributed by atoms with Crippen molar-refractivity contribution in [2.24, 2.45) is 11.1 Å². The molecule has 1 amide bonds. The molecule has 7 nitrogen and oxygen atoms in total. The number of carbonyl (C=O) groups is 1. The molecule has 0 radical (unpaired) electrons. The van der Waals surface area contributed by atoms with Crippen molar-refractivity contribution in [3.05, 3.63) is 36.7 Å². The molecule has 8 heteroatoms. The number of benzene rings is 1. The SMILES string of the molecule is NCC1(C(=O)Nc2ccc(-n3cncn3)c(F)c2)CCOCC1. The van der Waals surface area contributed by atoms with Crippen LogP contribution in [0.2, 0.25) is 0 Å². The van der Waals surface area contributed by atoms with Crippen molar-refractivity contribution < 1.29 is 13.9 Å². The second-order valence-electron chi connectivity index (χ2n) is 5.56.